The highest BCUT2D eigenvalue weighted by Gasteiger charge is 2.15. The fourth-order valence-electron chi connectivity index (χ4n) is 2.34. The number of rotatable bonds is 2. The molecule has 19 heavy (non-hydrogen) atoms. The summed E-state index contributed by atoms with van der Waals surface area (Å²) in [5.41, 5.74) is 6.13. The molecule has 0 radical (unpaired) electrons. The number of halogens is 1. The lowest BCUT2D eigenvalue weighted by atomic mass is 10.0. The van der Waals surface area contributed by atoms with Gasteiger partial charge in [-0.05, 0) is 43.5 Å². The lowest BCUT2D eigenvalue weighted by Gasteiger charge is -2.07. The molecule has 1 aromatic carbocycles. The van der Waals surface area contributed by atoms with E-state index in [1.807, 2.05) is 6.20 Å². The molecule has 2 heterocycles. The van der Waals surface area contributed by atoms with Gasteiger partial charge in [0.15, 0.2) is 4.96 Å². The maximum atomic E-state index is 6.02. The van der Waals surface area contributed by atoms with Gasteiger partial charge in [0, 0.05) is 4.88 Å². The van der Waals surface area contributed by atoms with Gasteiger partial charge in [0.1, 0.15) is 0 Å². The zero-order chi connectivity index (χ0) is 13.6. The fourth-order valence-corrected chi connectivity index (χ4v) is 3.51. The van der Waals surface area contributed by atoms with Crippen molar-refractivity contribution < 1.29 is 0 Å². The number of nitrogens with zero attached hydrogens (tertiary/aromatic N) is 2. The molecule has 0 aliphatic rings. The van der Waals surface area contributed by atoms with Crippen molar-refractivity contribution in [1.82, 2.24) is 9.38 Å². The van der Waals surface area contributed by atoms with Crippen molar-refractivity contribution in [1.29, 1.82) is 0 Å². The summed E-state index contributed by atoms with van der Waals surface area (Å²) in [6.45, 7) is 6.42. The first-order chi connectivity index (χ1) is 9.11. The Balaban J connectivity index is 2.31. The Labute approximate surface area is 121 Å². The summed E-state index contributed by atoms with van der Waals surface area (Å²) in [6.07, 6.45) is 1.86. The second-order valence-corrected chi connectivity index (χ2v) is 6.26. The molecule has 0 aliphatic carbocycles. The van der Waals surface area contributed by atoms with E-state index < -0.39 is 0 Å². The minimum absolute atomic E-state index is 0.481. The first-order valence-corrected chi connectivity index (χ1v) is 7.56. The van der Waals surface area contributed by atoms with E-state index in [-0.39, 0.29) is 0 Å². The average Bonchev–Trinajstić information content (AvgIpc) is 2.90. The predicted molar refractivity (Wildman–Crippen MR) is 82.3 cm³/mol. The van der Waals surface area contributed by atoms with Gasteiger partial charge in [0.25, 0.3) is 0 Å². The van der Waals surface area contributed by atoms with Crippen LogP contribution in [0.3, 0.4) is 0 Å². The fraction of sp³-hybridized carbons (Fsp3) is 0.267. The van der Waals surface area contributed by atoms with Crippen LogP contribution in [0.4, 0.5) is 0 Å². The average molecular weight is 291 g/mol. The van der Waals surface area contributed by atoms with E-state index >= 15 is 0 Å². The predicted octanol–water partition coefficient (Wildman–Crippen LogP) is 4.73. The van der Waals surface area contributed by atoms with Crippen LogP contribution in [0.15, 0.2) is 24.4 Å². The minimum Gasteiger partial charge on any atom is -0.286 e. The molecule has 2 aromatic heterocycles. The molecule has 2 nitrogen and oxygen atoms in total. The topological polar surface area (TPSA) is 17.3 Å². The highest BCUT2D eigenvalue weighted by Crippen LogP contribution is 2.33. The zero-order valence-electron chi connectivity index (χ0n) is 11.2. The van der Waals surface area contributed by atoms with Gasteiger partial charge < -0.3 is 0 Å². The van der Waals surface area contributed by atoms with Gasteiger partial charge in [0.05, 0.1) is 23.5 Å². The zero-order valence-corrected chi connectivity index (χ0v) is 12.8. The van der Waals surface area contributed by atoms with Crippen molar-refractivity contribution in [3.05, 3.63) is 46.1 Å². The molecule has 0 amide bonds. The van der Waals surface area contributed by atoms with Crippen LogP contribution in [-0.2, 0) is 5.88 Å². The number of aryl methyl sites for hydroxylation is 3. The Bertz CT molecular complexity index is 755. The molecular weight excluding hydrogens is 276 g/mol. The van der Waals surface area contributed by atoms with Crippen LogP contribution >= 0.6 is 22.9 Å². The Morgan fingerprint density at radius 3 is 2.68 bits per heavy atom. The van der Waals surface area contributed by atoms with Gasteiger partial charge in [-0.15, -0.1) is 22.9 Å². The molecule has 0 saturated carbocycles. The lowest BCUT2D eigenvalue weighted by molar-refractivity contribution is 1.11. The second-order valence-electron chi connectivity index (χ2n) is 4.81. The summed E-state index contributed by atoms with van der Waals surface area (Å²) >= 11 is 7.73. The number of aromatic nitrogens is 2. The summed E-state index contributed by atoms with van der Waals surface area (Å²) in [7, 11) is 0. The molecule has 3 aromatic rings. The van der Waals surface area contributed by atoms with Gasteiger partial charge in [-0.25, -0.2) is 4.98 Å². The van der Waals surface area contributed by atoms with Gasteiger partial charge in [-0.2, -0.15) is 0 Å². The summed E-state index contributed by atoms with van der Waals surface area (Å²) in [6, 6.07) is 6.58. The Kier molecular flexibility index (Phi) is 3.11. The molecule has 3 rings (SSSR count). The molecule has 0 aliphatic heterocycles. The minimum atomic E-state index is 0.481. The summed E-state index contributed by atoms with van der Waals surface area (Å²) in [5, 5.41) is 0. The first kappa shape index (κ1) is 12.7. The van der Waals surface area contributed by atoms with Crippen LogP contribution in [-0.4, -0.2) is 9.38 Å². The smallest absolute Gasteiger partial charge is 0.194 e. The van der Waals surface area contributed by atoms with Crippen molar-refractivity contribution >= 4 is 27.9 Å². The molecule has 0 bridgehead atoms. The third-order valence-corrected chi connectivity index (χ3v) is 4.77. The van der Waals surface area contributed by atoms with Gasteiger partial charge in [0.2, 0.25) is 0 Å². The third-order valence-electron chi connectivity index (χ3n) is 3.52. The van der Waals surface area contributed by atoms with Gasteiger partial charge in [-0.1, -0.05) is 12.1 Å². The van der Waals surface area contributed by atoms with Crippen molar-refractivity contribution in [2.45, 2.75) is 26.7 Å². The van der Waals surface area contributed by atoms with E-state index in [0.717, 1.165) is 10.7 Å². The van der Waals surface area contributed by atoms with Crippen molar-refractivity contribution in [2.75, 3.05) is 0 Å². The Morgan fingerprint density at radius 2 is 2.00 bits per heavy atom. The molecule has 0 unspecified atom stereocenters. The highest BCUT2D eigenvalue weighted by atomic mass is 35.5. The van der Waals surface area contributed by atoms with E-state index in [4.69, 9.17) is 11.6 Å². The number of thiazole rings is 1. The van der Waals surface area contributed by atoms with E-state index in [9.17, 15) is 0 Å². The summed E-state index contributed by atoms with van der Waals surface area (Å²) in [5.74, 6) is 0.481. The first-order valence-electron chi connectivity index (χ1n) is 6.21. The van der Waals surface area contributed by atoms with Crippen LogP contribution in [0.25, 0.3) is 16.2 Å². The van der Waals surface area contributed by atoms with Gasteiger partial charge >= 0.3 is 0 Å². The SMILES string of the molecule is Cc1ccc(-c2c(C)sc3ncc(CCl)n23)cc1C. The van der Waals surface area contributed by atoms with Crippen molar-refractivity contribution in [3.8, 4) is 11.3 Å². The largest absolute Gasteiger partial charge is 0.286 e. The molecule has 0 fully saturated rings. The third kappa shape index (κ3) is 1.97. The van der Waals surface area contributed by atoms with E-state index in [0.29, 0.717) is 5.88 Å². The lowest BCUT2D eigenvalue weighted by Crippen LogP contribution is -1.93. The number of alkyl halides is 1. The summed E-state index contributed by atoms with van der Waals surface area (Å²) in [4.78, 5) is 6.72. The van der Waals surface area contributed by atoms with E-state index in [1.54, 1.807) is 11.3 Å². The number of fused-ring (bicyclic) bond motifs is 1. The van der Waals surface area contributed by atoms with E-state index in [2.05, 4.69) is 48.4 Å². The molecule has 0 N–H and O–H groups in total. The molecule has 4 heteroatoms. The number of hydrogen-bond acceptors (Lipinski definition) is 2. The quantitative estimate of drug-likeness (QED) is 0.624. The van der Waals surface area contributed by atoms with Crippen LogP contribution in [0.1, 0.15) is 21.7 Å². The molecule has 98 valence electrons. The second kappa shape index (κ2) is 4.66. The number of benzene rings is 1. The van der Waals surface area contributed by atoms with Crippen LogP contribution in [0, 0.1) is 20.8 Å². The maximum absolute atomic E-state index is 6.02. The van der Waals surface area contributed by atoms with Crippen LogP contribution in [0.5, 0.6) is 0 Å². The van der Waals surface area contributed by atoms with Crippen molar-refractivity contribution in [3.63, 3.8) is 0 Å². The molecule has 0 saturated heterocycles. The van der Waals surface area contributed by atoms with Crippen molar-refractivity contribution in [2.24, 2.45) is 0 Å². The van der Waals surface area contributed by atoms with E-state index in [1.165, 1.54) is 27.3 Å². The van der Waals surface area contributed by atoms with Gasteiger partial charge in [-0.3, -0.25) is 4.40 Å². The normalized spacial score (nSPS) is 11.4. The highest BCUT2D eigenvalue weighted by molar-refractivity contribution is 7.17. The molecule has 0 atom stereocenters. The number of imidazole rings is 1. The standard InChI is InChI=1S/C15H15ClN2S/c1-9-4-5-12(6-10(9)2)14-11(3)19-15-17-8-13(7-16)18(14)15/h4-6,8H,7H2,1-3H3. The van der Waals surface area contributed by atoms with Crippen LogP contribution in [0.2, 0.25) is 0 Å². The monoisotopic (exact) mass is 290 g/mol. The molecular formula is C15H15ClN2S. The Hall–Kier alpha value is -1.32. The Morgan fingerprint density at radius 1 is 1.21 bits per heavy atom. The summed E-state index contributed by atoms with van der Waals surface area (Å²) < 4.78 is 2.18. The maximum Gasteiger partial charge on any atom is 0.194 e. The van der Waals surface area contributed by atoms with Crippen LogP contribution < -0.4 is 0 Å². The molecule has 0 spiro atoms. The number of hydrogen-bond donors (Lipinski definition) is 0.